The van der Waals surface area contributed by atoms with E-state index >= 15 is 0 Å². The van der Waals surface area contributed by atoms with Gasteiger partial charge in [-0.05, 0) is 37.1 Å². The number of sulfonamides is 1. The van der Waals surface area contributed by atoms with Crippen molar-refractivity contribution < 1.29 is 13.2 Å². The minimum Gasteiger partial charge on any atom is -0.370 e. The van der Waals surface area contributed by atoms with Gasteiger partial charge in [0.2, 0.25) is 10.0 Å². The van der Waals surface area contributed by atoms with Gasteiger partial charge in [0.15, 0.2) is 0 Å². The van der Waals surface area contributed by atoms with Crippen LogP contribution >= 0.6 is 0 Å². The van der Waals surface area contributed by atoms with Crippen molar-refractivity contribution in [3.05, 3.63) is 102 Å². The molecule has 1 saturated heterocycles. The number of hydrogen-bond acceptors (Lipinski definition) is 3. The zero-order chi connectivity index (χ0) is 20.4. The van der Waals surface area contributed by atoms with Gasteiger partial charge in [0.05, 0.1) is 29.7 Å². The van der Waals surface area contributed by atoms with Gasteiger partial charge in [-0.3, -0.25) is 0 Å². The highest BCUT2D eigenvalue weighted by atomic mass is 32.2. The van der Waals surface area contributed by atoms with Crippen LogP contribution < -0.4 is 0 Å². The molecule has 0 aromatic heterocycles. The molecule has 0 unspecified atom stereocenters. The van der Waals surface area contributed by atoms with Gasteiger partial charge in [0.25, 0.3) is 0 Å². The second-order valence-electron chi connectivity index (χ2n) is 7.48. The van der Waals surface area contributed by atoms with Crippen LogP contribution in [0.2, 0.25) is 0 Å². The SMILES string of the molecule is Cc1ccc(S(=O)(=O)N2[C@@H](c3ccccc3)CO[C@@H](c3ccccc3)[C@H]2C)cc1. The van der Waals surface area contributed by atoms with E-state index in [0.717, 1.165) is 16.7 Å². The highest BCUT2D eigenvalue weighted by Gasteiger charge is 2.44. The molecule has 4 rings (SSSR count). The summed E-state index contributed by atoms with van der Waals surface area (Å²) in [4.78, 5) is 0.310. The normalized spacial score (nSPS) is 23.0. The lowest BCUT2D eigenvalue weighted by Crippen LogP contribution is -2.50. The first-order chi connectivity index (χ1) is 14.0. The van der Waals surface area contributed by atoms with E-state index in [1.54, 1.807) is 16.4 Å². The maximum Gasteiger partial charge on any atom is 0.244 e. The molecule has 1 aliphatic heterocycles. The molecular weight excluding hydrogens is 382 g/mol. The van der Waals surface area contributed by atoms with Crippen molar-refractivity contribution in [1.29, 1.82) is 0 Å². The van der Waals surface area contributed by atoms with Gasteiger partial charge in [-0.15, -0.1) is 0 Å². The quantitative estimate of drug-likeness (QED) is 0.619. The van der Waals surface area contributed by atoms with Crippen molar-refractivity contribution in [3.63, 3.8) is 0 Å². The summed E-state index contributed by atoms with van der Waals surface area (Å²) in [7, 11) is -3.71. The van der Waals surface area contributed by atoms with Crippen molar-refractivity contribution in [3.8, 4) is 0 Å². The summed E-state index contributed by atoms with van der Waals surface area (Å²) in [5.74, 6) is 0. The molecule has 0 amide bonds. The molecule has 0 bridgehead atoms. The van der Waals surface area contributed by atoms with Crippen LogP contribution in [0.4, 0.5) is 0 Å². The smallest absolute Gasteiger partial charge is 0.244 e. The lowest BCUT2D eigenvalue weighted by Gasteiger charge is -2.44. The van der Waals surface area contributed by atoms with Gasteiger partial charge in [-0.25, -0.2) is 8.42 Å². The molecule has 3 atom stereocenters. The van der Waals surface area contributed by atoms with E-state index in [4.69, 9.17) is 4.74 Å². The van der Waals surface area contributed by atoms with Crippen molar-refractivity contribution in [2.24, 2.45) is 0 Å². The molecule has 29 heavy (non-hydrogen) atoms. The third-order valence-electron chi connectivity index (χ3n) is 5.49. The molecule has 5 heteroatoms. The molecule has 4 nitrogen and oxygen atoms in total. The van der Waals surface area contributed by atoms with E-state index in [1.807, 2.05) is 86.6 Å². The Bertz CT molecular complexity index is 1050. The van der Waals surface area contributed by atoms with Crippen LogP contribution in [0.3, 0.4) is 0 Å². The van der Waals surface area contributed by atoms with Crippen molar-refractivity contribution in [2.45, 2.75) is 36.9 Å². The van der Waals surface area contributed by atoms with E-state index in [0.29, 0.717) is 11.5 Å². The molecule has 0 radical (unpaired) electrons. The number of benzene rings is 3. The van der Waals surface area contributed by atoms with E-state index in [9.17, 15) is 8.42 Å². The number of ether oxygens (including phenoxy) is 1. The average Bonchev–Trinajstić information content (AvgIpc) is 2.75. The number of aryl methyl sites for hydroxylation is 1. The lowest BCUT2D eigenvalue weighted by atomic mass is 9.98. The fourth-order valence-corrected chi connectivity index (χ4v) is 5.77. The summed E-state index contributed by atoms with van der Waals surface area (Å²) in [6.45, 7) is 4.18. The molecule has 0 N–H and O–H groups in total. The first kappa shape index (κ1) is 19.8. The Kier molecular flexibility index (Phi) is 5.54. The Hall–Kier alpha value is -2.47. The maximum absolute atomic E-state index is 13.7. The predicted octanol–water partition coefficient (Wildman–Crippen LogP) is 4.89. The minimum absolute atomic E-state index is 0.305. The van der Waals surface area contributed by atoms with Crippen LogP contribution in [0.5, 0.6) is 0 Å². The molecule has 1 fully saturated rings. The molecular formula is C24H25NO3S. The van der Waals surface area contributed by atoms with Crippen LogP contribution in [0.15, 0.2) is 89.8 Å². The van der Waals surface area contributed by atoms with Gasteiger partial charge in [-0.1, -0.05) is 78.4 Å². The van der Waals surface area contributed by atoms with Gasteiger partial charge in [-0.2, -0.15) is 4.31 Å². The molecule has 3 aromatic rings. The Morgan fingerprint density at radius 1 is 0.828 bits per heavy atom. The molecule has 0 saturated carbocycles. The maximum atomic E-state index is 13.7. The molecule has 0 aliphatic carbocycles. The second-order valence-corrected chi connectivity index (χ2v) is 9.32. The summed E-state index contributed by atoms with van der Waals surface area (Å²) in [6.07, 6.45) is -0.323. The Balaban J connectivity index is 1.79. The highest BCUT2D eigenvalue weighted by molar-refractivity contribution is 7.89. The fraction of sp³-hybridized carbons (Fsp3) is 0.250. The van der Waals surface area contributed by atoms with Crippen LogP contribution in [-0.2, 0) is 14.8 Å². The largest absolute Gasteiger partial charge is 0.370 e. The molecule has 150 valence electrons. The number of nitrogens with zero attached hydrogens (tertiary/aromatic N) is 1. The van der Waals surface area contributed by atoms with Gasteiger partial charge in [0.1, 0.15) is 0 Å². The van der Waals surface area contributed by atoms with Crippen LogP contribution in [0, 0.1) is 6.92 Å². The monoisotopic (exact) mass is 407 g/mol. The summed E-state index contributed by atoms with van der Waals surface area (Å²) in [5.41, 5.74) is 2.94. The first-order valence-electron chi connectivity index (χ1n) is 9.80. The third-order valence-corrected chi connectivity index (χ3v) is 7.50. The Morgan fingerprint density at radius 3 is 1.97 bits per heavy atom. The van der Waals surface area contributed by atoms with Gasteiger partial charge < -0.3 is 4.74 Å². The summed E-state index contributed by atoms with van der Waals surface area (Å²) < 4.78 is 35.3. The molecule has 0 spiro atoms. The zero-order valence-electron chi connectivity index (χ0n) is 16.6. The molecule has 1 aliphatic rings. The number of rotatable bonds is 4. The Labute approximate surface area is 172 Å². The standard InChI is InChI=1S/C24H25NO3S/c1-18-13-15-22(16-14-18)29(26,27)25-19(2)24(21-11-7-4-8-12-21)28-17-23(25)20-9-5-3-6-10-20/h3-16,19,23-24H,17H2,1-2H3/t19-,23-,24-/m1/s1. The number of morpholine rings is 1. The Morgan fingerprint density at radius 2 is 1.38 bits per heavy atom. The fourth-order valence-electron chi connectivity index (χ4n) is 3.98. The first-order valence-corrected chi connectivity index (χ1v) is 11.2. The van der Waals surface area contributed by atoms with E-state index in [1.165, 1.54) is 0 Å². The van der Waals surface area contributed by atoms with E-state index in [-0.39, 0.29) is 18.2 Å². The summed E-state index contributed by atoms with van der Waals surface area (Å²) >= 11 is 0. The molecule has 3 aromatic carbocycles. The minimum atomic E-state index is -3.71. The van der Waals surface area contributed by atoms with E-state index in [2.05, 4.69) is 0 Å². The zero-order valence-corrected chi connectivity index (χ0v) is 17.4. The summed E-state index contributed by atoms with van der Waals surface area (Å²) in [6, 6.07) is 25.9. The predicted molar refractivity (Wildman–Crippen MR) is 114 cm³/mol. The second kappa shape index (κ2) is 8.11. The number of hydrogen-bond donors (Lipinski definition) is 0. The highest BCUT2D eigenvalue weighted by Crippen LogP contribution is 2.40. The topological polar surface area (TPSA) is 46.6 Å². The average molecular weight is 408 g/mol. The summed E-state index contributed by atoms with van der Waals surface area (Å²) in [5, 5.41) is 0. The van der Waals surface area contributed by atoms with Gasteiger partial charge in [0, 0.05) is 0 Å². The van der Waals surface area contributed by atoms with Crippen molar-refractivity contribution >= 4 is 10.0 Å². The van der Waals surface area contributed by atoms with Crippen LogP contribution in [0.25, 0.3) is 0 Å². The van der Waals surface area contributed by atoms with Crippen molar-refractivity contribution in [1.82, 2.24) is 4.31 Å². The molecule has 1 heterocycles. The van der Waals surface area contributed by atoms with Crippen LogP contribution in [0.1, 0.15) is 35.8 Å². The van der Waals surface area contributed by atoms with Crippen LogP contribution in [-0.4, -0.2) is 25.4 Å². The third kappa shape index (κ3) is 3.86. The van der Waals surface area contributed by atoms with Gasteiger partial charge >= 0.3 is 0 Å². The lowest BCUT2D eigenvalue weighted by molar-refractivity contribution is -0.0676. The van der Waals surface area contributed by atoms with Crippen molar-refractivity contribution in [2.75, 3.05) is 6.61 Å². The van der Waals surface area contributed by atoms with E-state index < -0.39 is 10.0 Å².